The number of amides is 1. The Kier molecular flexibility index (Phi) is 7.54. The molecule has 0 aliphatic rings. The highest BCUT2D eigenvalue weighted by Gasteiger charge is 2.27. The molecule has 9 heteroatoms. The number of hydrogen-bond donors (Lipinski definition) is 1. The van der Waals surface area contributed by atoms with Gasteiger partial charge in [0.15, 0.2) is 0 Å². The van der Waals surface area contributed by atoms with Crippen LogP contribution in [0.3, 0.4) is 0 Å². The summed E-state index contributed by atoms with van der Waals surface area (Å²) in [4.78, 5) is 17.0. The van der Waals surface area contributed by atoms with Crippen molar-refractivity contribution in [1.29, 1.82) is 0 Å². The predicted molar refractivity (Wildman–Crippen MR) is 146 cm³/mol. The number of nitrogens with one attached hydrogen (secondary N) is 1. The summed E-state index contributed by atoms with van der Waals surface area (Å²) in [5.74, 6) is -0.452. The number of aromatic nitrogens is 2. The number of sulfonamides is 1. The van der Waals surface area contributed by atoms with E-state index in [2.05, 4.69) is 52.1 Å². The fourth-order valence-corrected chi connectivity index (χ4v) is 5.64. The van der Waals surface area contributed by atoms with Crippen molar-refractivity contribution in [3.8, 4) is 5.69 Å². The summed E-state index contributed by atoms with van der Waals surface area (Å²) in [5.41, 5.74) is 8.72. The van der Waals surface area contributed by atoms with Crippen LogP contribution < -0.4 is 9.73 Å². The standard InChI is InChI=1S/C28H29N5O3S/c1-20-14-21(2)16-25(15-20)33-22(3)17-24(23(33)4)18-30-31-28(34)19-32(27-12-8-9-13-29-27)37(35,36)26-10-6-5-7-11-26/h5-18H,19H2,1-4H3,(H,31,34)/b30-18-. The van der Waals surface area contributed by atoms with Gasteiger partial charge in [-0.25, -0.2) is 23.1 Å². The first-order valence-electron chi connectivity index (χ1n) is 11.7. The highest BCUT2D eigenvalue weighted by Crippen LogP contribution is 2.23. The second kappa shape index (κ2) is 10.8. The summed E-state index contributed by atoms with van der Waals surface area (Å²) in [7, 11) is -4.02. The SMILES string of the molecule is Cc1cc(C)cc(-n2c(C)cc(/C=N\NC(=O)CN(c3ccccn3)S(=O)(=O)c3ccccc3)c2C)c1. The molecule has 1 N–H and O–H groups in total. The van der Waals surface area contributed by atoms with Gasteiger partial charge in [-0.2, -0.15) is 5.10 Å². The van der Waals surface area contributed by atoms with Crippen LogP contribution in [0.5, 0.6) is 0 Å². The summed E-state index contributed by atoms with van der Waals surface area (Å²) >= 11 is 0. The molecule has 0 unspecified atom stereocenters. The number of pyridine rings is 1. The Morgan fingerprint density at radius 3 is 2.30 bits per heavy atom. The maximum Gasteiger partial charge on any atom is 0.265 e. The van der Waals surface area contributed by atoms with Crippen LogP contribution in [0.2, 0.25) is 0 Å². The van der Waals surface area contributed by atoms with Gasteiger partial charge < -0.3 is 4.57 Å². The van der Waals surface area contributed by atoms with Gasteiger partial charge in [-0.3, -0.25) is 4.79 Å². The minimum absolute atomic E-state index is 0.0655. The van der Waals surface area contributed by atoms with E-state index in [1.165, 1.54) is 29.5 Å². The van der Waals surface area contributed by atoms with Crippen LogP contribution in [0, 0.1) is 27.7 Å². The van der Waals surface area contributed by atoms with Gasteiger partial charge in [0.2, 0.25) is 0 Å². The smallest absolute Gasteiger partial charge is 0.265 e. The van der Waals surface area contributed by atoms with Gasteiger partial charge in [-0.1, -0.05) is 30.3 Å². The summed E-state index contributed by atoms with van der Waals surface area (Å²) in [6.45, 7) is 7.65. The second-order valence-corrected chi connectivity index (χ2v) is 10.7. The highest BCUT2D eigenvalue weighted by atomic mass is 32.2. The van der Waals surface area contributed by atoms with Gasteiger partial charge >= 0.3 is 0 Å². The van der Waals surface area contributed by atoms with Crippen LogP contribution in [0.15, 0.2) is 89.0 Å². The quantitative estimate of drug-likeness (QED) is 0.277. The molecule has 0 saturated heterocycles. The van der Waals surface area contributed by atoms with Gasteiger partial charge in [-0.15, -0.1) is 0 Å². The predicted octanol–water partition coefficient (Wildman–Crippen LogP) is 4.45. The lowest BCUT2D eigenvalue weighted by atomic mass is 10.1. The van der Waals surface area contributed by atoms with Crippen molar-refractivity contribution in [2.24, 2.45) is 5.10 Å². The first-order chi connectivity index (χ1) is 17.7. The van der Waals surface area contributed by atoms with Crippen molar-refractivity contribution in [2.45, 2.75) is 32.6 Å². The van der Waals surface area contributed by atoms with Crippen LogP contribution in [0.1, 0.15) is 28.1 Å². The van der Waals surface area contributed by atoms with Crippen molar-refractivity contribution in [1.82, 2.24) is 15.0 Å². The molecule has 0 saturated carbocycles. The number of nitrogens with zero attached hydrogens (tertiary/aromatic N) is 4. The molecule has 37 heavy (non-hydrogen) atoms. The fraction of sp³-hybridized carbons (Fsp3) is 0.179. The average Bonchev–Trinajstić information content (AvgIpc) is 3.15. The average molecular weight is 516 g/mol. The highest BCUT2D eigenvalue weighted by molar-refractivity contribution is 7.92. The largest absolute Gasteiger partial charge is 0.318 e. The summed E-state index contributed by atoms with van der Waals surface area (Å²) in [6.07, 6.45) is 3.04. The van der Waals surface area contributed by atoms with E-state index in [0.29, 0.717) is 0 Å². The molecule has 1 amide bonds. The van der Waals surface area contributed by atoms with E-state index >= 15 is 0 Å². The van der Waals surface area contributed by atoms with E-state index in [1.54, 1.807) is 42.6 Å². The lowest BCUT2D eigenvalue weighted by Gasteiger charge is -2.22. The molecule has 4 rings (SSSR count). The van der Waals surface area contributed by atoms with Crippen LogP contribution in [-0.2, 0) is 14.8 Å². The number of carbonyl (C=O) groups excluding carboxylic acids is 1. The Morgan fingerprint density at radius 1 is 0.973 bits per heavy atom. The zero-order valence-electron chi connectivity index (χ0n) is 21.2. The Balaban J connectivity index is 1.54. The summed E-state index contributed by atoms with van der Waals surface area (Å²) in [5, 5.41) is 4.11. The third-order valence-electron chi connectivity index (χ3n) is 5.85. The Bertz CT molecular complexity index is 1530. The summed E-state index contributed by atoms with van der Waals surface area (Å²) in [6, 6.07) is 21.2. The minimum Gasteiger partial charge on any atom is -0.318 e. The Hall–Kier alpha value is -4.24. The molecule has 4 aromatic rings. The molecule has 2 heterocycles. The third-order valence-corrected chi connectivity index (χ3v) is 7.62. The van der Waals surface area contributed by atoms with Crippen molar-refractivity contribution >= 4 is 28.0 Å². The van der Waals surface area contributed by atoms with E-state index in [0.717, 1.165) is 26.9 Å². The van der Waals surface area contributed by atoms with E-state index in [9.17, 15) is 13.2 Å². The molecule has 2 aromatic carbocycles. The lowest BCUT2D eigenvalue weighted by molar-refractivity contribution is -0.119. The lowest BCUT2D eigenvalue weighted by Crippen LogP contribution is -2.40. The number of benzene rings is 2. The number of anilines is 1. The molecule has 0 spiro atoms. The van der Waals surface area contributed by atoms with E-state index in [-0.39, 0.29) is 10.7 Å². The molecule has 0 atom stereocenters. The third kappa shape index (κ3) is 5.78. The van der Waals surface area contributed by atoms with Gasteiger partial charge in [0.1, 0.15) is 12.4 Å². The Morgan fingerprint density at radius 2 is 1.65 bits per heavy atom. The first-order valence-corrected chi connectivity index (χ1v) is 13.2. The van der Waals surface area contributed by atoms with Gasteiger partial charge in [0, 0.05) is 28.8 Å². The van der Waals surface area contributed by atoms with Crippen LogP contribution in [-0.4, -0.2) is 36.6 Å². The maximum atomic E-state index is 13.3. The molecule has 0 radical (unpaired) electrons. The summed E-state index contributed by atoms with van der Waals surface area (Å²) < 4.78 is 29.7. The zero-order valence-corrected chi connectivity index (χ0v) is 22.0. The minimum atomic E-state index is -4.02. The molecule has 190 valence electrons. The normalized spacial score (nSPS) is 11.6. The van der Waals surface area contributed by atoms with Crippen molar-refractivity contribution < 1.29 is 13.2 Å². The molecule has 0 aliphatic carbocycles. The first kappa shape index (κ1) is 25.8. The molecular weight excluding hydrogens is 486 g/mol. The van der Waals surface area contributed by atoms with Gasteiger partial charge in [0.05, 0.1) is 11.1 Å². The monoisotopic (exact) mass is 515 g/mol. The Labute approximate surface area is 217 Å². The van der Waals surface area contributed by atoms with Crippen LogP contribution in [0.4, 0.5) is 5.82 Å². The number of carbonyl (C=O) groups is 1. The molecule has 8 nitrogen and oxygen atoms in total. The number of rotatable bonds is 8. The van der Waals surface area contributed by atoms with Gasteiger partial charge in [-0.05, 0) is 81.3 Å². The van der Waals surface area contributed by atoms with E-state index in [4.69, 9.17) is 0 Å². The second-order valence-electron chi connectivity index (χ2n) is 8.81. The van der Waals surface area contributed by atoms with Crippen LogP contribution >= 0.6 is 0 Å². The molecule has 0 bridgehead atoms. The maximum absolute atomic E-state index is 13.3. The number of aryl methyl sites for hydroxylation is 3. The molecule has 2 aromatic heterocycles. The van der Waals surface area contributed by atoms with Gasteiger partial charge in [0.25, 0.3) is 15.9 Å². The van der Waals surface area contributed by atoms with E-state index < -0.39 is 22.5 Å². The molecule has 0 aliphatic heterocycles. The number of hydrogen-bond acceptors (Lipinski definition) is 5. The van der Waals surface area contributed by atoms with Crippen LogP contribution in [0.25, 0.3) is 5.69 Å². The van der Waals surface area contributed by atoms with Crippen molar-refractivity contribution in [3.63, 3.8) is 0 Å². The zero-order chi connectivity index (χ0) is 26.6. The topological polar surface area (TPSA) is 96.7 Å². The van der Waals surface area contributed by atoms with Crippen molar-refractivity contribution in [2.75, 3.05) is 10.8 Å². The fourth-order valence-electron chi connectivity index (χ4n) is 4.25. The van der Waals surface area contributed by atoms with E-state index in [1.807, 2.05) is 19.9 Å². The molecule has 0 fully saturated rings. The number of hydrazone groups is 1. The van der Waals surface area contributed by atoms with Crippen molar-refractivity contribution in [3.05, 3.63) is 107 Å². The molecular formula is C28H29N5O3S.